The van der Waals surface area contributed by atoms with E-state index in [1.807, 2.05) is 25.1 Å². The van der Waals surface area contributed by atoms with Crippen molar-refractivity contribution in [3.05, 3.63) is 23.8 Å². The second-order valence-electron chi connectivity index (χ2n) is 5.39. The lowest BCUT2D eigenvalue weighted by molar-refractivity contribution is -0.0181. The van der Waals surface area contributed by atoms with Crippen LogP contribution in [0.15, 0.2) is 18.2 Å². The second kappa shape index (κ2) is 5.16. The molecule has 0 aliphatic carbocycles. The van der Waals surface area contributed by atoms with Crippen LogP contribution in [0.1, 0.15) is 25.3 Å². The van der Waals surface area contributed by atoms with Gasteiger partial charge in [-0.05, 0) is 44.0 Å². The molecule has 1 atom stereocenters. The number of β-amino-alcohol motifs (C(OH)–C–C–N with tert-alkyl or cyclic N) is 1. The van der Waals surface area contributed by atoms with Gasteiger partial charge in [-0.15, -0.1) is 0 Å². The van der Waals surface area contributed by atoms with Crippen LogP contribution < -0.4 is 10.5 Å². The zero-order valence-corrected chi connectivity index (χ0v) is 11.1. The highest BCUT2D eigenvalue weighted by Gasteiger charge is 2.28. The molecule has 1 aromatic rings. The molecule has 18 heavy (non-hydrogen) atoms. The summed E-state index contributed by atoms with van der Waals surface area (Å²) in [6.07, 6.45) is 1.92. The quantitative estimate of drug-likeness (QED) is 0.800. The first-order chi connectivity index (χ1) is 8.50. The number of rotatable bonds is 3. The number of nitrogen functional groups attached to an aromatic ring is 1. The van der Waals surface area contributed by atoms with Crippen LogP contribution in [0.4, 0.5) is 5.69 Å². The predicted molar refractivity (Wildman–Crippen MR) is 72.5 cm³/mol. The van der Waals surface area contributed by atoms with E-state index in [1.54, 1.807) is 7.11 Å². The summed E-state index contributed by atoms with van der Waals surface area (Å²) in [5.41, 5.74) is 7.16. The molecular weight excluding hydrogens is 228 g/mol. The molecule has 2 rings (SSSR count). The molecule has 0 bridgehead atoms. The molecule has 0 saturated carbocycles. The van der Waals surface area contributed by atoms with Crippen molar-refractivity contribution in [3.63, 3.8) is 0 Å². The number of nitrogens with two attached hydrogens (primary N) is 1. The lowest BCUT2D eigenvalue weighted by Crippen LogP contribution is -2.45. The first kappa shape index (κ1) is 13.2. The third kappa shape index (κ3) is 3.15. The van der Waals surface area contributed by atoms with Gasteiger partial charge in [-0.3, -0.25) is 4.90 Å². The average molecular weight is 250 g/mol. The van der Waals surface area contributed by atoms with Crippen molar-refractivity contribution in [1.29, 1.82) is 0 Å². The molecule has 1 fully saturated rings. The van der Waals surface area contributed by atoms with Crippen molar-refractivity contribution >= 4 is 5.69 Å². The third-order valence-electron chi connectivity index (χ3n) is 3.45. The molecule has 100 valence electrons. The summed E-state index contributed by atoms with van der Waals surface area (Å²) in [5, 5.41) is 10.1. The molecule has 1 aromatic carbocycles. The average Bonchev–Trinajstić information content (AvgIpc) is 2.28. The summed E-state index contributed by atoms with van der Waals surface area (Å²) < 4.78 is 5.14. The van der Waals surface area contributed by atoms with E-state index < -0.39 is 5.60 Å². The van der Waals surface area contributed by atoms with Crippen LogP contribution in [0.5, 0.6) is 5.75 Å². The number of methoxy groups -OCH3 is 1. The molecule has 1 saturated heterocycles. The van der Waals surface area contributed by atoms with Crippen LogP contribution in [-0.2, 0) is 6.54 Å². The van der Waals surface area contributed by atoms with Gasteiger partial charge >= 0.3 is 0 Å². The lowest BCUT2D eigenvalue weighted by atomic mass is 9.95. The van der Waals surface area contributed by atoms with Gasteiger partial charge in [0.25, 0.3) is 0 Å². The minimum absolute atomic E-state index is 0.559. The van der Waals surface area contributed by atoms with Crippen LogP contribution in [0.3, 0.4) is 0 Å². The first-order valence-electron chi connectivity index (χ1n) is 6.37. The standard InChI is InChI=1S/C14H22N2O2/c1-14(17)6-3-7-16(10-14)9-11-4-5-13(18-2)12(15)8-11/h4-5,8,17H,3,6-7,9-10,15H2,1-2H3. The normalized spacial score (nSPS) is 25.1. The number of likely N-dealkylation sites (tertiary alicyclic amines) is 1. The maximum absolute atomic E-state index is 10.1. The monoisotopic (exact) mass is 250 g/mol. The summed E-state index contributed by atoms with van der Waals surface area (Å²) in [4.78, 5) is 2.27. The number of aliphatic hydroxyl groups is 1. The van der Waals surface area contributed by atoms with Crippen molar-refractivity contribution in [1.82, 2.24) is 4.90 Å². The maximum Gasteiger partial charge on any atom is 0.141 e. The van der Waals surface area contributed by atoms with Crippen LogP contribution in [0.2, 0.25) is 0 Å². The van der Waals surface area contributed by atoms with E-state index in [0.29, 0.717) is 11.4 Å². The fourth-order valence-electron chi connectivity index (χ4n) is 2.60. The Hall–Kier alpha value is -1.26. The van der Waals surface area contributed by atoms with E-state index >= 15 is 0 Å². The number of benzene rings is 1. The zero-order chi connectivity index (χ0) is 13.2. The third-order valence-corrected chi connectivity index (χ3v) is 3.45. The fraction of sp³-hybridized carbons (Fsp3) is 0.571. The summed E-state index contributed by atoms with van der Waals surface area (Å²) in [6.45, 7) is 4.48. The van der Waals surface area contributed by atoms with Gasteiger partial charge in [0.1, 0.15) is 5.75 Å². The maximum atomic E-state index is 10.1. The summed E-state index contributed by atoms with van der Waals surface area (Å²) in [7, 11) is 1.62. The van der Waals surface area contributed by atoms with Crippen molar-refractivity contribution in [3.8, 4) is 5.75 Å². The smallest absolute Gasteiger partial charge is 0.141 e. The van der Waals surface area contributed by atoms with Crippen LogP contribution in [0.25, 0.3) is 0 Å². The predicted octanol–water partition coefficient (Wildman–Crippen LogP) is 1.62. The second-order valence-corrected chi connectivity index (χ2v) is 5.39. The zero-order valence-electron chi connectivity index (χ0n) is 11.1. The van der Waals surface area contributed by atoms with Gasteiger partial charge in [-0.1, -0.05) is 6.07 Å². The van der Waals surface area contributed by atoms with Crippen molar-refractivity contribution in [2.75, 3.05) is 25.9 Å². The molecule has 1 unspecified atom stereocenters. The molecule has 1 aliphatic heterocycles. The van der Waals surface area contributed by atoms with Gasteiger partial charge in [0.05, 0.1) is 18.4 Å². The minimum atomic E-state index is -0.559. The largest absolute Gasteiger partial charge is 0.495 e. The highest BCUT2D eigenvalue weighted by Crippen LogP contribution is 2.25. The summed E-state index contributed by atoms with van der Waals surface area (Å²) >= 11 is 0. The van der Waals surface area contributed by atoms with E-state index in [4.69, 9.17) is 10.5 Å². The van der Waals surface area contributed by atoms with Gasteiger partial charge in [-0.2, -0.15) is 0 Å². The SMILES string of the molecule is COc1ccc(CN2CCCC(C)(O)C2)cc1N. The van der Waals surface area contributed by atoms with Gasteiger partial charge in [0.15, 0.2) is 0 Å². The number of nitrogens with zero attached hydrogens (tertiary/aromatic N) is 1. The summed E-state index contributed by atoms with van der Waals surface area (Å²) in [5.74, 6) is 0.712. The fourth-order valence-corrected chi connectivity index (χ4v) is 2.60. The Balaban J connectivity index is 2.03. The van der Waals surface area contributed by atoms with Gasteiger partial charge in [0.2, 0.25) is 0 Å². The number of hydrogen-bond donors (Lipinski definition) is 2. The Morgan fingerprint density at radius 3 is 2.89 bits per heavy atom. The topological polar surface area (TPSA) is 58.7 Å². The van der Waals surface area contributed by atoms with Crippen LogP contribution in [-0.4, -0.2) is 35.8 Å². The minimum Gasteiger partial charge on any atom is -0.495 e. The van der Waals surface area contributed by atoms with E-state index in [1.165, 1.54) is 0 Å². The Kier molecular flexibility index (Phi) is 3.78. The molecule has 1 heterocycles. The molecular formula is C14H22N2O2. The molecule has 0 amide bonds. The molecule has 0 radical (unpaired) electrons. The Morgan fingerprint density at radius 1 is 1.50 bits per heavy atom. The van der Waals surface area contributed by atoms with Crippen molar-refractivity contribution in [2.24, 2.45) is 0 Å². The van der Waals surface area contributed by atoms with Crippen LogP contribution >= 0.6 is 0 Å². The highest BCUT2D eigenvalue weighted by molar-refractivity contribution is 5.54. The Bertz CT molecular complexity index is 418. The molecule has 1 aliphatic rings. The van der Waals surface area contributed by atoms with Gasteiger partial charge < -0.3 is 15.6 Å². The van der Waals surface area contributed by atoms with E-state index in [9.17, 15) is 5.11 Å². The Labute approximate surface area is 108 Å². The highest BCUT2D eigenvalue weighted by atomic mass is 16.5. The van der Waals surface area contributed by atoms with E-state index in [0.717, 1.165) is 38.0 Å². The van der Waals surface area contributed by atoms with E-state index in [2.05, 4.69) is 4.90 Å². The lowest BCUT2D eigenvalue weighted by Gasteiger charge is -2.36. The molecule has 4 heteroatoms. The van der Waals surface area contributed by atoms with E-state index in [-0.39, 0.29) is 0 Å². The van der Waals surface area contributed by atoms with Crippen LogP contribution in [0, 0.1) is 0 Å². The molecule has 4 nitrogen and oxygen atoms in total. The summed E-state index contributed by atoms with van der Waals surface area (Å²) in [6, 6.07) is 5.87. The number of piperidine rings is 1. The number of anilines is 1. The first-order valence-corrected chi connectivity index (χ1v) is 6.37. The number of ether oxygens (including phenoxy) is 1. The number of hydrogen-bond acceptors (Lipinski definition) is 4. The van der Waals surface area contributed by atoms with Gasteiger partial charge in [-0.25, -0.2) is 0 Å². The molecule has 3 N–H and O–H groups in total. The Morgan fingerprint density at radius 2 is 2.28 bits per heavy atom. The molecule has 0 spiro atoms. The molecule has 0 aromatic heterocycles. The van der Waals surface area contributed by atoms with Gasteiger partial charge in [0, 0.05) is 13.1 Å². The van der Waals surface area contributed by atoms with Crippen molar-refractivity contribution in [2.45, 2.75) is 31.9 Å². The van der Waals surface area contributed by atoms with Crippen molar-refractivity contribution < 1.29 is 9.84 Å².